The minimum atomic E-state index is -1.01. The molecule has 0 fully saturated rings. The van der Waals surface area contributed by atoms with Crippen molar-refractivity contribution in [3.8, 4) is 0 Å². The molecule has 3 atom stereocenters. The minimum Gasteiger partial charge on any atom is -0.480 e. The SMILES string of the molecule is CC(SP)C(=O)N(P)CC(=O)O. The third-order valence-electron chi connectivity index (χ3n) is 1.14. The Labute approximate surface area is 79.7 Å². The van der Waals surface area contributed by atoms with Crippen LogP contribution in [-0.2, 0) is 9.59 Å². The van der Waals surface area contributed by atoms with Crippen molar-refractivity contribution >= 4 is 41.1 Å². The van der Waals surface area contributed by atoms with Crippen molar-refractivity contribution < 1.29 is 14.7 Å². The van der Waals surface area contributed by atoms with Crippen LogP contribution in [0.5, 0.6) is 0 Å². The summed E-state index contributed by atoms with van der Waals surface area (Å²) < 4.78 is 1.12. The van der Waals surface area contributed by atoms with E-state index in [1.165, 1.54) is 11.4 Å². The van der Waals surface area contributed by atoms with Gasteiger partial charge < -0.3 is 9.78 Å². The Kier molecular flexibility index (Phi) is 5.81. The summed E-state index contributed by atoms with van der Waals surface area (Å²) in [6.07, 6.45) is 0. The molecule has 0 aromatic heterocycles. The van der Waals surface area contributed by atoms with Gasteiger partial charge in [-0.25, -0.2) is 0 Å². The second-order valence-electron chi connectivity index (χ2n) is 2.14. The molecule has 0 aromatic carbocycles. The van der Waals surface area contributed by atoms with Crippen molar-refractivity contribution in [1.82, 2.24) is 4.67 Å². The van der Waals surface area contributed by atoms with Gasteiger partial charge in [0, 0.05) is 0 Å². The molecule has 0 saturated heterocycles. The molecule has 0 spiro atoms. The van der Waals surface area contributed by atoms with Crippen molar-refractivity contribution in [3.05, 3.63) is 0 Å². The predicted octanol–water partition coefficient (Wildman–Crippen LogP) is 0.601. The van der Waals surface area contributed by atoms with Crippen LogP contribution in [0.3, 0.4) is 0 Å². The number of aliphatic carboxylic acids is 1. The van der Waals surface area contributed by atoms with Crippen LogP contribution in [0.4, 0.5) is 0 Å². The molecule has 12 heavy (non-hydrogen) atoms. The summed E-state index contributed by atoms with van der Waals surface area (Å²) in [7, 11) is 4.46. The molecule has 0 heterocycles. The number of carboxylic acids is 1. The first-order chi connectivity index (χ1) is 5.49. The third-order valence-corrected chi connectivity index (χ3v) is 3.41. The topological polar surface area (TPSA) is 57.6 Å². The molecule has 0 bridgehead atoms. The molecule has 0 radical (unpaired) electrons. The average Bonchev–Trinajstić information content (AvgIpc) is 2.00. The van der Waals surface area contributed by atoms with E-state index < -0.39 is 5.97 Å². The summed E-state index contributed by atoms with van der Waals surface area (Å²) >= 11 is 1.31. The number of carbonyl (C=O) groups is 2. The number of carbonyl (C=O) groups excluding carboxylic acids is 1. The van der Waals surface area contributed by atoms with Crippen molar-refractivity contribution in [2.24, 2.45) is 0 Å². The normalized spacial score (nSPS) is 12.2. The molecule has 3 unspecified atom stereocenters. The van der Waals surface area contributed by atoms with Gasteiger partial charge >= 0.3 is 5.97 Å². The third kappa shape index (κ3) is 4.24. The van der Waals surface area contributed by atoms with Gasteiger partial charge in [-0.1, -0.05) is 8.44 Å². The van der Waals surface area contributed by atoms with Crippen LogP contribution in [0.25, 0.3) is 0 Å². The van der Waals surface area contributed by atoms with E-state index in [4.69, 9.17) is 5.11 Å². The Balaban J connectivity index is 4.01. The van der Waals surface area contributed by atoms with E-state index >= 15 is 0 Å². The maximum Gasteiger partial charge on any atom is 0.323 e. The highest BCUT2D eigenvalue weighted by molar-refractivity contribution is 8.44. The fourth-order valence-corrected chi connectivity index (χ4v) is 1.60. The van der Waals surface area contributed by atoms with Crippen molar-refractivity contribution in [1.29, 1.82) is 0 Å². The van der Waals surface area contributed by atoms with Gasteiger partial charge in [0.15, 0.2) is 0 Å². The number of hydrogen-bond donors (Lipinski definition) is 1. The highest BCUT2D eigenvalue weighted by Gasteiger charge is 2.18. The minimum absolute atomic E-state index is 0.206. The van der Waals surface area contributed by atoms with Crippen molar-refractivity contribution in [3.63, 3.8) is 0 Å². The van der Waals surface area contributed by atoms with E-state index in [1.807, 2.05) is 0 Å². The lowest BCUT2D eigenvalue weighted by Crippen LogP contribution is -2.32. The Bertz CT molecular complexity index is 190. The lowest BCUT2D eigenvalue weighted by Gasteiger charge is -2.17. The summed E-state index contributed by atoms with van der Waals surface area (Å²) in [5, 5.41) is 8.14. The second-order valence-corrected chi connectivity index (χ2v) is 4.56. The monoisotopic (exact) mass is 227 g/mol. The Morgan fingerprint density at radius 1 is 1.67 bits per heavy atom. The molecule has 7 heteroatoms. The number of hydrogen-bond acceptors (Lipinski definition) is 3. The molecule has 0 aliphatic rings. The summed E-state index contributed by atoms with van der Waals surface area (Å²) in [5.74, 6) is -1.22. The summed E-state index contributed by atoms with van der Waals surface area (Å²) in [6, 6.07) is 0. The standard InChI is InChI=1S/C5H11NO3P2S/c1-3(12-11)5(9)6(10)2-4(7)8/h3H,2,10-11H2,1H3,(H,7,8). The lowest BCUT2D eigenvalue weighted by atomic mass is 10.4. The molecular weight excluding hydrogens is 216 g/mol. The number of rotatable bonds is 4. The van der Waals surface area contributed by atoms with Gasteiger partial charge in [0.25, 0.3) is 0 Å². The van der Waals surface area contributed by atoms with Crippen molar-refractivity contribution in [2.45, 2.75) is 12.2 Å². The number of carboxylic acid groups (broad SMARTS) is 1. The maximum atomic E-state index is 11.2. The molecule has 0 saturated carbocycles. The van der Waals surface area contributed by atoms with E-state index in [0.717, 1.165) is 4.67 Å². The van der Waals surface area contributed by atoms with Crippen LogP contribution < -0.4 is 0 Å². The van der Waals surface area contributed by atoms with Gasteiger partial charge in [0.05, 0.1) is 5.25 Å². The summed E-state index contributed by atoms with van der Waals surface area (Å²) in [4.78, 5) is 21.4. The van der Waals surface area contributed by atoms with Crippen LogP contribution in [0, 0.1) is 0 Å². The molecule has 4 nitrogen and oxygen atoms in total. The highest BCUT2D eigenvalue weighted by Crippen LogP contribution is 2.21. The van der Waals surface area contributed by atoms with Crippen LogP contribution in [0.1, 0.15) is 6.92 Å². The Morgan fingerprint density at radius 3 is 2.50 bits per heavy atom. The molecule has 0 aliphatic heterocycles. The number of nitrogens with zero attached hydrogens (tertiary/aromatic N) is 1. The van der Waals surface area contributed by atoms with Crippen LogP contribution in [0.15, 0.2) is 0 Å². The zero-order valence-corrected chi connectivity index (χ0v) is 9.68. The zero-order chi connectivity index (χ0) is 9.72. The zero-order valence-electron chi connectivity index (χ0n) is 6.56. The van der Waals surface area contributed by atoms with Gasteiger partial charge in [-0.15, -0.1) is 11.4 Å². The quantitative estimate of drug-likeness (QED) is 0.714. The number of amides is 1. The largest absolute Gasteiger partial charge is 0.480 e. The first-order valence-corrected chi connectivity index (χ1v) is 5.99. The van der Waals surface area contributed by atoms with Gasteiger partial charge in [-0.3, -0.25) is 9.59 Å². The molecular formula is C5H11NO3P2S. The van der Waals surface area contributed by atoms with E-state index in [1.54, 1.807) is 6.92 Å². The highest BCUT2D eigenvalue weighted by atomic mass is 32.7. The summed E-state index contributed by atoms with van der Waals surface area (Å²) in [5.41, 5.74) is 0. The van der Waals surface area contributed by atoms with E-state index in [0.29, 0.717) is 0 Å². The lowest BCUT2D eigenvalue weighted by molar-refractivity contribution is -0.140. The maximum absolute atomic E-state index is 11.2. The van der Waals surface area contributed by atoms with E-state index in [2.05, 4.69) is 17.8 Å². The molecule has 70 valence electrons. The molecule has 1 N–H and O–H groups in total. The average molecular weight is 227 g/mol. The van der Waals surface area contributed by atoms with Gasteiger partial charge in [-0.05, 0) is 16.3 Å². The molecule has 0 aromatic rings. The van der Waals surface area contributed by atoms with Crippen molar-refractivity contribution in [2.75, 3.05) is 6.54 Å². The fourth-order valence-electron chi connectivity index (χ4n) is 0.515. The predicted molar refractivity (Wildman–Crippen MR) is 55.8 cm³/mol. The first kappa shape index (κ1) is 12.2. The van der Waals surface area contributed by atoms with Crippen LogP contribution >= 0.6 is 29.2 Å². The van der Waals surface area contributed by atoms with Crippen LogP contribution in [0.2, 0.25) is 0 Å². The molecule has 1 amide bonds. The first-order valence-electron chi connectivity index (χ1n) is 3.12. The van der Waals surface area contributed by atoms with E-state index in [-0.39, 0.29) is 17.7 Å². The smallest absolute Gasteiger partial charge is 0.323 e. The van der Waals surface area contributed by atoms with Gasteiger partial charge in [0.1, 0.15) is 6.54 Å². The van der Waals surface area contributed by atoms with Gasteiger partial charge in [-0.2, -0.15) is 0 Å². The second kappa shape index (κ2) is 5.74. The van der Waals surface area contributed by atoms with Gasteiger partial charge in [0.2, 0.25) is 5.91 Å². The Hall–Kier alpha value is 0.150. The summed E-state index contributed by atoms with van der Waals surface area (Å²) in [6.45, 7) is 1.44. The molecule has 0 aliphatic carbocycles. The molecule has 0 rings (SSSR count). The Morgan fingerprint density at radius 2 is 2.17 bits per heavy atom. The van der Waals surface area contributed by atoms with Crippen LogP contribution in [-0.4, -0.2) is 33.4 Å². The fraction of sp³-hybridized carbons (Fsp3) is 0.600. The van der Waals surface area contributed by atoms with E-state index in [9.17, 15) is 9.59 Å².